The minimum Gasteiger partial charge on any atom is -0.489 e. The molecule has 0 radical (unpaired) electrons. The Kier molecular flexibility index (Phi) is 6.98. The minimum atomic E-state index is -1.38. The zero-order chi connectivity index (χ0) is 24.9. The van der Waals surface area contributed by atoms with Gasteiger partial charge in [-0.05, 0) is 53.1 Å². The minimum absolute atomic E-state index is 0.234. The largest absolute Gasteiger partial charge is 0.489 e. The van der Waals surface area contributed by atoms with Crippen molar-refractivity contribution in [3.63, 3.8) is 0 Å². The first-order chi connectivity index (χ1) is 16.9. The van der Waals surface area contributed by atoms with Gasteiger partial charge in [-0.2, -0.15) is 0 Å². The Labute approximate surface area is 204 Å². The molecule has 0 atom stereocenters. The Morgan fingerprint density at radius 2 is 1.80 bits per heavy atom. The van der Waals surface area contributed by atoms with Crippen LogP contribution in [0.5, 0.6) is 5.75 Å². The van der Waals surface area contributed by atoms with Crippen LogP contribution in [0.4, 0.5) is 4.79 Å². The number of carboxylic acid groups (broad SMARTS) is 1. The molecule has 1 aromatic heterocycles. The summed E-state index contributed by atoms with van der Waals surface area (Å²) in [7, 11) is 1.18. The SMILES string of the molecule is COC(=O)CNC(=O)c1nc2cc(-c3cccc(OCc4cccc(Cl)c4)c3)ccc2n1C(=O)O. The first kappa shape index (κ1) is 23.8. The molecule has 3 aromatic carbocycles. The van der Waals surface area contributed by atoms with Gasteiger partial charge in [0, 0.05) is 5.02 Å². The van der Waals surface area contributed by atoms with Crippen LogP contribution in [0.3, 0.4) is 0 Å². The number of fused-ring (bicyclic) bond motifs is 1. The summed E-state index contributed by atoms with van der Waals surface area (Å²) in [6, 6.07) is 19.8. The number of nitrogens with zero attached hydrogens (tertiary/aromatic N) is 2. The van der Waals surface area contributed by atoms with Crippen molar-refractivity contribution in [3.8, 4) is 16.9 Å². The first-order valence-corrected chi connectivity index (χ1v) is 10.8. The van der Waals surface area contributed by atoms with E-state index in [1.807, 2.05) is 42.5 Å². The molecule has 0 fully saturated rings. The van der Waals surface area contributed by atoms with Crippen molar-refractivity contribution < 1.29 is 29.0 Å². The first-order valence-electron chi connectivity index (χ1n) is 10.4. The molecule has 4 rings (SSSR count). The smallest absolute Gasteiger partial charge is 0.417 e. The average Bonchev–Trinajstić information content (AvgIpc) is 3.25. The van der Waals surface area contributed by atoms with Crippen molar-refractivity contribution in [1.29, 1.82) is 0 Å². The molecule has 0 saturated heterocycles. The van der Waals surface area contributed by atoms with Crippen LogP contribution in [-0.4, -0.2) is 46.3 Å². The lowest BCUT2D eigenvalue weighted by Crippen LogP contribution is -2.33. The predicted molar refractivity (Wildman–Crippen MR) is 129 cm³/mol. The molecule has 0 saturated carbocycles. The van der Waals surface area contributed by atoms with E-state index >= 15 is 0 Å². The van der Waals surface area contributed by atoms with Crippen LogP contribution < -0.4 is 10.1 Å². The van der Waals surface area contributed by atoms with Crippen LogP contribution in [0.1, 0.15) is 16.2 Å². The van der Waals surface area contributed by atoms with Crippen LogP contribution in [-0.2, 0) is 16.1 Å². The monoisotopic (exact) mass is 493 g/mol. The molecule has 2 N–H and O–H groups in total. The highest BCUT2D eigenvalue weighted by molar-refractivity contribution is 6.30. The van der Waals surface area contributed by atoms with Gasteiger partial charge in [-0.15, -0.1) is 0 Å². The van der Waals surface area contributed by atoms with Crippen molar-refractivity contribution in [1.82, 2.24) is 14.9 Å². The summed E-state index contributed by atoms with van der Waals surface area (Å²) in [5.74, 6) is -1.20. The predicted octanol–water partition coefficient (Wildman–Crippen LogP) is 4.36. The summed E-state index contributed by atoms with van der Waals surface area (Å²) in [5, 5.41) is 12.6. The lowest BCUT2D eigenvalue weighted by Gasteiger charge is -2.09. The number of carbonyl (C=O) groups excluding carboxylic acids is 2. The van der Waals surface area contributed by atoms with E-state index in [2.05, 4.69) is 15.0 Å². The number of nitrogens with one attached hydrogen (secondary N) is 1. The van der Waals surface area contributed by atoms with Gasteiger partial charge in [-0.1, -0.05) is 41.9 Å². The van der Waals surface area contributed by atoms with E-state index < -0.39 is 24.5 Å². The zero-order valence-electron chi connectivity index (χ0n) is 18.5. The lowest BCUT2D eigenvalue weighted by molar-refractivity contribution is -0.139. The van der Waals surface area contributed by atoms with Gasteiger partial charge in [0.25, 0.3) is 5.91 Å². The highest BCUT2D eigenvalue weighted by atomic mass is 35.5. The number of halogens is 1. The molecular weight excluding hydrogens is 474 g/mol. The number of esters is 1. The maximum atomic E-state index is 12.5. The highest BCUT2D eigenvalue weighted by Gasteiger charge is 2.22. The summed E-state index contributed by atoms with van der Waals surface area (Å²) in [6.45, 7) is -0.0680. The van der Waals surface area contributed by atoms with Gasteiger partial charge >= 0.3 is 12.1 Å². The van der Waals surface area contributed by atoms with Crippen LogP contribution >= 0.6 is 11.6 Å². The quantitative estimate of drug-likeness (QED) is 0.367. The Hall–Kier alpha value is -4.37. The summed E-state index contributed by atoms with van der Waals surface area (Å²) >= 11 is 6.02. The van der Waals surface area contributed by atoms with Crippen molar-refractivity contribution in [2.75, 3.05) is 13.7 Å². The van der Waals surface area contributed by atoms with E-state index in [1.54, 1.807) is 24.3 Å². The highest BCUT2D eigenvalue weighted by Crippen LogP contribution is 2.28. The zero-order valence-corrected chi connectivity index (χ0v) is 19.3. The number of amides is 1. The number of hydrogen-bond acceptors (Lipinski definition) is 6. The Bertz CT molecular complexity index is 1430. The second-order valence-corrected chi connectivity index (χ2v) is 7.90. The molecule has 0 unspecified atom stereocenters. The van der Waals surface area contributed by atoms with Gasteiger partial charge in [-0.3, -0.25) is 9.59 Å². The topological polar surface area (TPSA) is 120 Å². The molecule has 0 spiro atoms. The molecular formula is C25H20ClN3O6. The normalized spacial score (nSPS) is 10.7. The Balaban J connectivity index is 1.60. The molecule has 1 amide bonds. The van der Waals surface area contributed by atoms with Crippen LogP contribution in [0.25, 0.3) is 22.2 Å². The third-order valence-electron chi connectivity index (χ3n) is 5.13. The van der Waals surface area contributed by atoms with Gasteiger partial charge < -0.3 is 19.9 Å². The number of rotatable bonds is 7. The number of carbonyl (C=O) groups is 3. The van der Waals surface area contributed by atoms with Crippen LogP contribution in [0.2, 0.25) is 5.02 Å². The molecule has 10 heteroatoms. The van der Waals surface area contributed by atoms with E-state index in [-0.39, 0.29) is 11.3 Å². The number of aromatic nitrogens is 2. The van der Waals surface area contributed by atoms with E-state index in [4.69, 9.17) is 16.3 Å². The molecule has 178 valence electrons. The lowest BCUT2D eigenvalue weighted by atomic mass is 10.0. The second kappa shape index (κ2) is 10.3. The molecule has 1 heterocycles. The van der Waals surface area contributed by atoms with Gasteiger partial charge in [0.15, 0.2) is 0 Å². The van der Waals surface area contributed by atoms with E-state index in [1.165, 1.54) is 7.11 Å². The van der Waals surface area contributed by atoms with Gasteiger partial charge in [-0.25, -0.2) is 14.3 Å². The summed E-state index contributed by atoms with van der Waals surface area (Å²) in [6.07, 6.45) is -1.38. The molecule has 35 heavy (non-hydrogen) atoms. The Morgan fingerprint density at radius 1 is 1.03 bits per heavy atom. The summed E-state index contributed by atoms with van der Waals surface area (Å²) < 4.78 is 11.1. The van der Waals surface area contributed by atoms with Crippen molar-refractivity contribution in [2.45, 2.75) is 6.61 Å². The third-order valence-corrected chi connectivity index (χ3v) is 5.37. The summed E-state index contributed by atoms with van der Waals surface area (Å²) in [4.78, 5) is 39.8. The molecule has 0 aliphatic heterocycles. The fraction of sp³-hybridized carbons (Fsp3) is 0.120. The van der Waals surface area contributed by atoms with Gasteiger partial charge in [0.2, 0.25) is 5.82 Å². The number of methoxy groups -OCH3 is 1. The number of hydrogen-bond donors (Lipinski definition) is 2. The van der Waals surface area contributed by atoms with Crippen LogP contribution in [0.15, 0.2) is 66.7 Å². The fourth-order valence-electron chi connectivity index (χ4n) is 3.47. The molecule has 4 aromatic rings. The third kappa shape index (κ3) is 5.42. The molecule has 0 bridgehead atoms. The van der Waals surface area contributed by atoms with Crippen molar-refractivity contribution in [2.24, 2.45) is 0 Å². The van der Waals surface area contributed by atoms with Gasteiger partial charge in [0.05, 0.1) is 18.1 Å². The maximum Gasteiger partial charge on any atom is 0.417 e. The van der Waals surface area contributed by atoms with Gasteiger partial charge in [0.1, 0.15) is 18.9 Å². The number of ether oxygens (including phenoxy) is 2. The van der Waals surface area contributed by atoms with E-state index in [0.29, 0.717) is 22.9 Å². The number of imidazole rings is 1. The average molecular weight is 494 g/mol. The Morgan fingerprint density at radius 3 is 2.54 bits per heavy atom. The molecule has 9 nitrogen and oxygen atoms in total. The van der Waals surface area contributed by atoms with Crippen molar-refractivity contribution >= 4 is 40.6 Å². The van der Waals surface area contributed by atoms with Crippen molar-refractivity contribution in [3.05, 3.63) is 83.1 Å². The second-order valence-electron chi connectivity index (χ2n) is 7.46. The summed E-state index contributed by atoms with van der Waals surface area (Å²) in [5.41, 5.74) is 3.04. The molecule has 0 aliphatic carbocycles. The number of benzene rings is 3. The molecule has 0 aliphatic rings. The van der Waals surface area contributed by atoms with Crippen LogP contribution in [0, 0.1) is 0 Å². The maximum absolute atomic E-state index is 12.5. The fourth-order valence-corrected chi connectivity index (χ4v) is 3.68. The van der Waals surface area contributed by atoms with E-state index in [0.717, 1.165) is 21.3 Å². The van der Waals surface area contributed by atoms with E-state index in [9.17, 15) is 19.5 Å². The standard InChI is InChI=1S/C25H20ClN3O6/c1-34-22(30)13-27-24(31)23-28-20-12-17(8-9-21(20)29(23)25(32)33)16-5-3-7-19(11-16)35-14-15-4-2-6-18(26)10-15/h2-12H,13-14H2,1H3,(H,27,31)(H,32,33).